The summed E-state index contributed by atoms with van der Waals surface area (Å²) in [5.41, 5.74) is 1.12. The number of rotatable bonds is 4. The molecule has 0 radical (unpaired) electrons. The molecule has 2 nitrogen and oxygen atoms in total. The molecule has 0 saturated carbocycles. The van der Waals surface area contributed by atoms with Crippen molar-refractivity contribution in [2.75, 3.05) is 13.6 Å². The van der Waals surface area contributed by atoms with Crippen molar-refractivity contribution in [3.63, 3.8) is 0 Å². The SMILES string of the molecule is CNCC(c1ccccn1)c1ccc(Br)s1. The minimum atomic E-state index is 0.336. The summed E-state index contributed by atoms with van der Waals surface area (Å²) in [5, 5.41) is 3.23. The van der Waals surface area contributed by atoms with Crippen LogP contribution >= 0.6 is 27.3 Å². The van der Waals surface area contributed by atoms with E-state index >= 15 is 0 Å². The van der Waals surface area contributed by atoms with Crippen molar-refractivity contribution < 1.29 is 0 Å². The fourth-order valence-electron chi connectivity index (χ4n) is 1.65. The van der Waals surface area contributed by atoms with Gasteiger partial charge in [-0.25, -0.2) is 0 Å². The maximum absolute atomic E-state index is 4.43. The Bertz CT molecular complexity index is 441. The van der Waals surface area contributed by atoms with Crippen LogP contribution in [0.25, 0.3) is 0 Å². The van der Waals surface area contributed by atoms with Gasteiger partial charge in [-0.2, -0.15) is 0 Å². The van der Waals surface area contributed by atoms with E-state index in [0.717, 1.165) is 12.2 Å². The largest absolute Gasteiger partial charge is 0.319 e. The quantitative estimate of drug-likeness (QED) is 0.937. The molecule has 4 heteroatoms. The number of hydrogen-bond acceptors (Lipinski definition) is 3. The van der Waals surface area contributed by atoms with Crippen molar-refractivity contribution in [1.29, 1.82) is 0 Å². The van der Waals surface area contributed by atoms with Crippen LogP contribution in [0.5, 0.6) is 0 Å². The number of nitrogens with zero attached hydrogens (tertiary/aromatic N) is 1. The van der Waals surface area contributed by atoms with E-state index in [9.17, 15) is 0 Å². The highest BCUT2D eigenvalue weighted by Gasteiger charge is 2.16. The highest BCUT2D eigenvalue weighted by atomic mass is 79.9. The molecule has 2 rings (SSSR count). The fourth-order valence-corrected chi connectivity index (χ4v) is 3.19. The van der Waals surface area contributed by atoms with Gasteiger partial charge in [-0.1, -0.05) is 6.07 Å². The highest BCUT2D eigenvalue weighted by Crippen LogP contribution is 2.31. The second kappa shape index (κ2) is 5.57. The summed E-state index contributed by atoms with van der Waals surface area (Å²) in [6, 6.07) is 10.3. The van der Waals surface area contributed by atoms with Crippen molar-refractivity contribution >= 4 is 27.3 Å². The molecular weight excluding hydrogens is 284 g/mol. The van der Waals surface area contributed by atoms with E-state index in [1.165, 1.54) is 8.66 Å². The van der Waals surface area contributed by atoms with Crippen LogP contribution in [0.2, 0.25) is 0 Å². The van der Waals surface area contributed by atoms with E-state index in [0.29, 0.717) is 5.92 Å². The molecule has 84 valence electrons. The first-order chi connectivity index (χ1) is 7.81. The first-order valence-electron chi connectivity index (χ1n) is 5.12. The van der Waals surface area contributed by atoms with Crippen LogP contribution in [0.3, 0.4) is 0 Å². The maximum atomic E-state index is 4.43. The lowest BCUT2D eigenvalue weighted by Crippen LogP contribution is -2.18. The lowest BCUT2D eigenvalue weighted by atomic mass is 10.0. The summed E-state index contributed by atoms with van der Waals surface area (Å²) in [4.78, 5) is 5.77. The second-order valence-electron chi connectivity index (χ2n) is 3.51. The van der Waals surface area contributed by atoms with Crippen LogP contribution in [0.1, 0.15) is 16.5 Å². The molecule has 2 aromatic rings. The van der Waals surface area contributed by atoms with Crippen molar-refractivity contribution in [2.24, 2.45) is 0 Å². The van der Waals surface area contributed by atoms with Gasteiger partial charge in [-0.15, -0.1) is 11.3 Å². The van der Waals surface area contributed by atoms with Gasteiger partial charge >= 0.3 is 0 Å². The molecule has 1 atom stereocenters. The molecular formula is C12H13BrN2S. The zero-order chi connectivity index (χ0) is 11.4. The molecule has 0 aliphatic carbocycles. The molecule has 1 N–H and O–H groups in total. The molecule has 2 heterocycles. The van der Waals surface area contributed by atoms with E-state index in [2.05, 4.69) is 44.4 Å². The molecule has 0 amide bonds. The monoisotopic (exact) mass is 296 g/mol. The minimum absolute atomic E-state index is 0.336. The molecule has 0 spiro atoms. The topological polar surface area (TPSA) is 24.9 Å². The third-order valence-electron chi connectivity index (χ3n) is 2.39. The van der Waals surface area contributed by atoms with Crippen molar-refractivity contribution in [3.05, 3.63) is 50.9 Å². The molecule has 0 aliphatic heterocycles. The molecule has 16 heavy (non-hydrogen) atoms. The van der Waals surface area contributed by atoms with Crippen LogP contribution in [-0.2, 0) is 0 Å². The summed E-state index contributed by atoms with van der Waals surface area (Å²) in [6.07, 6.45) is 1.85. The number of likely N-dealkylation sites (N-methyl/N-ethyl adjacent to an activating group) is 1. The number of nitrogens with one attached hydrogen (secondary N) is 1. The lowest BCUT2D eigenvalue weighted by Gasteiger charge is -2.13. The summed E-state index contributed by atoms with van der Waals surface area (Å²) < 4.78 is 1.17. The normalized spacial score (nSPS) is 12.6. The van der Waals surface area contributed by atoms with Gasteiger partial charge in [0.25, 0.3) is 0 Å². The average Bonchev–Trinajstić information content (AvgIpc) is 2.74. The lowest BCUT2D eigenvalue weighted by molar-refractivity contribution is 0.700. The summed E-state index contributed by atoms with van der Waals surface area (Å²) in [7, 11) is 1.97. The second-order valence-corrected chi connectivity index (χ2v) is 6.00. The van der Waals surface area contributed by atoms with Crippen LogP contribution in [0.4, 0.5) is 0 Å². The Morgan fingerprint density at radius 3 is 2.81 bits per heavy atom. The Morgan fingerprint density at radius 2 is 2.25 bits per heavy atom. The van der Waals surface area contributed by atoms with Crippen LogP contribution < -0.4 is 5.32 Å². The number of hydrogen-bond donors (Lipinski definition) is 1. The molecule has 1 unspecified atom stereocenters. The maximum Gasteiger partial charge on any atom is 0.0701 e. The number of thiophene rings is 1. The van der Waals surface area contributed by atoms with Gasteiger partial charge in [-0.05, 0) is 47.2 Å². The molecule has 0 fully saturated rings. The molecule has 0 bridgehead atoms. The van der Waals surface area contributed by atoms with Crippen LogP contribution in [0, 0.1) is 0 Å². The van der Waals surface area contributed by atoms with Crippen LogP contribution in [-0.4, -0.2) is 18.6 Å². The van der Waals surface area contributed by atoms with Gasteiger partial charge in [0.15, 0.2) is 0 Å². The first kappa shape index (κ1) is 11.8. The van der Waals surface area contributed by atoms with E-state index in [1.54, 1.807) is 11.3 Å². The van der Waals surface area contributed by atoms with Gasteiger partial charge < -0.3 is 5.32 Å². The molecule has 0 aliphatic rings. The van der Waals surface area contributed by atoms with Crippen molar-refractivity contribution in [1.82, 2.24) is 10.3 Å². The summed E-state index contributed by atoms with van der Waals surface area (Å²) in [6.45, 7) is 0.907. The zero-order valence-electron chi connectivity index (χ0n) is 8.98. The smallest absolute Gasteiger partial charge is 0.0701 e. The van der Waals surface area contributed by atoms with E-state index in [-0.39, 0.29) is 0 Å². The van der Waals surface area contributed by atoms with Crippen molar-refractivity contribution in [2.45, 2.75) is 5.92 Å². The van der Waals surface area contributed by atoms with E-state index < -0.39 is 0 Å². The number of aromatic nitrogens is 1. The van der Waals surface area contributed by atoms with Gasteiger partial charge in [0, 0.05) is 29.2 Å². The van der Waals surface area contributed by atoms with E-state index in [1.807, 2.05) is 25.4 Å². The Morgan fingerprint density at radius 1 is 1.38 bits per heavy atom. The Hall–Kier alpha value is -0.710. The third kappa shape index (κ3) is 2.70. The minimum Gasteiger partial charge on any atom is -0.319 e. The highest BCUT2D eigenvalue weighted by molar-refractivity contribution is 9.11. The Kier molecular flexibility index (Phi) is 4.09. The predicted molar refractivity (Wildman–Crippen MR) is 72.0 cm³/mol. The Balaban J connectivity index is 2.31. The molecule has 2 aromatic heterocycles. The molecule has 0 aromatic carbocycles. The van der Waals surface area contributed by atoms with Crippen molar-refractivity contribution in [3.8, 4) is 0 Å². The average molecular weight is 297 g/mol. The standard InChI is InChI=1S/C12H13BrN2S/c1-14-8-9(10-4-2-3-7-15-10)11-5-6-12(13)16-11/h2-7,9,14H,8H2,1H3. The third-order valence-corrected chi connectivity index (χ3v) is 4.13. The summed E-state index contributed by atoms with van der Waals surface area (Å²) in [5.74, 6) is 0.336. The van der Waals surface area contributed by atoms with Gasteiger partial charge in [-0.3, -0.25) is 4.98 Å². The van der Waals surface area contributed by atoms with E-state index in [4.69, 9.17) is 0 Å². The zero-order valence-corrected chi connectivity index (χ0v) is 11.4. The predicted octanol–water partition coefficient (Wildman–Crippen LogP) is 3.26. The number of pyridine rings is 1. The van der Waals surface area contributed by atoms with Gasteiger partial charge in [0.1, 0.15) is 0 Å². The summed E-state index contributed by atoms with van der Waals surface area (Å²) >= 11 is 5.27. The fraction of sp³-hybridized carbons (Fsp3) is 0.250. The Labute approximate surface area is 108 Å². The first-order valence-corrected chi connectivity index (χ1v) is 6.73. The van der Waals surface area contributed by atoms with Crippen LogP contribution in [0.15, 0.2) is 40.3 Å². The number of halogens is 1. The van der Waals surface area contributed by atoms with Gasteiger partial charge in [0.05, 0.1) is 3.79 Å². The van der Waals surface area contributed by atoms with Gasteiger partial charge in [0.2, 0.25) is 0 Å². The molecule has 0 saturated heterocycles.